The molecule has 0 aliphatic heterocycles. The second kappa shape index (κ2) is 9.10. The summed E-state index contributed by atoms with van der Waals surface area (Å²) in [5.41, 5.74) is 4.84. The van der Waals surface area contributed by atoms with Crippen molar-refractivity contribution in [3.63, 3.8) is 0 Å². The molecule has 1 amide bonds. The molecule has 192 valence electrons. The molecule has 2 unspecified atom stereocenters. The number of anilines is 2. The van der Waals surface area contributed by atoms with Gasteiger partial charge in [0.25, 0.3) is 11.5 Å². The van der Waals surface area contributed by atoms with Gasteiger partial charge in [0.05, 0.1) is 12.0 Å². The Morgan fingerprint density at radius 3 is 2.44 bits per heavy atom. The largest absolute Gasteiger partial charge is 0.455 e. The first-order valence-electron chi connectivity index (χ1n) is 12.5. The summed E-state index contributed by atoms with van der Waals surface area (Å²) < 4.78 is 6.77. The molecule has 4 fully saturated rings. The maximum atomic E-state index is 13.2. The van der Waals surface area contributed by atoms with E-state index in [-0.39, 0.29) is 35.4 Å². The number of H-pyrrole nitrogens is 1. The van der Waals surface area contributed by atoms with E-state index in [4.69, 9.17) is 22.1 Å². The number of hydrogen-bond acceptors (Lipinski definition) is 6. The van der Waals surface area contributed by atoms with Gasteiger partial charge in [-0.25, -0.2) is 4.79 Å². The molecule has 1 aromatic carbocycles. The molecule has 4 atom stereocenters. The van der Waals surface area contributed by atoms with Crippen LogP contribution < -0.4 is 21.9 Å². The van der Waals surface area contributed by atoms with Gasteiger partial charge < -0.3 is 15.4 Å². The van der Waals surface area contributed by atoms with Crippen molar-refractivity contribution < 1.29 is 14.3 Å². The number of nitrogens with zero attached hydrogens (tertiary/aromatic N) is 2. The number of esters is 1. The average molecular weight is 515 g/mol. The second-order valence-electron chi connectivity index (χ2n) is 10.7. The number of nitrogens with two attached hydrogens (primary N) is 1. The minimum Gasteiger partial charge on any atom is -0.455 e. The molecule has 3 N–H and O–H groups in total. The average Bonchev–Trinajstić information content (AvgIpc) is 2.81. The molecule has 4 aliphatic carbocycles. The fraction of sp³-hybridized carbons (Fsp3) is 0.538. The Morgan fingerprint density at radius 1 is 1.17 bits per heavy atom. The maximum absolute atomic E-state index is 13.2. The van der Waals surface area contributed by atoms with Crippen LogP contribution in [0.1, 0.15) is 51.0 Å². The first-order chi connectivity index (χ1) is 17.1. The lowest BCUT2D eigenvalue weighted by Gasteiger charge is -2.58. The molecule has 4 aliphatic rings. The molecule has 4 bridgehead atoms. The van der Waals surface area contributed by atoms with Crippen LogP contribution >= 0.6 is 11.6 Å². The Labute approximate surface area is 213 Å². The third-order valence-corrected chi connectivity index (χ3v) is 8.48. The third kappa shape index (κ3) is 4.34. The summed E-state index contributed by atoms with van der Waals surface area (Å²) >= 11 is 6.84. The number of nitrogen functional groups attached to an aromatic ring is 1. The number of hydrogen-bond donors (Lipinski definition) is 2. The summed E-state index contributed by atoms with van der Waals surface area (Å²) in [4.78, 5) is 54.6. The fourth-order valence-electron chi connectivity index (χ4n) is 6.97. The van der Waals surface area contributed by atoms with Gasteiger partial charge in [-0.05, 0) is 62.8 Å². The number of likely N-dealkylation sites (N-methyl/N-ethyl adjacent to an activating group) is 1. The number of aromatic amines is 1. The van der Waals surface area contributed by atoms with E-state index in [1.165, 1.54) is 4.57 Å². The Balaban J connectivity index is 1.34. The van der Waals surface area contributed by atoms with Gasteiger partial charge in [-0.2, -0.15) is 0 Å². The summed E-state index contributed by atoms with van der Waals surface area (Å²) in [6.45, 7) is 1.39. The highest BCUT2D eigenvalue weighted by Crippen LogP contribution is 2.64. The van der Waals surface area contributed by atoms with Gasteiger partial charge in [0.15, 0.2) is 12.3 Å². The topological polar surface area (TPSA) is 127 Å². The lowest BCUT2D eigenvalue weighted by atomic mass is 9.49. The number of carbonyl (C=O) groups excluding carboxylic acids is 2. The van der Waals surface area contributed by atoms with Crippen molar-refractivity contribution in [2.75, 3.05) is 23.8 Å². The number of ether oxygens (including phenoxy) is 1. The van der Waals surface area contributed by atoms with Gasteiger partial charge in [-0.3, -0.25) is 23.9 Å². The van der Waals surface area contributed by atoms with Crippen LogP contribution in [0, 0.1) is 17.3 Å². The standard InChI is InChI=1S/C26H31ClN4O5/c1-2-30(20-21(28)31(24(35)29-22(20)33)13-16-6-4-3-5-7-16)19(32)14-36-23(34)25-9-17-8-18(10-25)12-26(27,11-17)15-25/h3-7,17-18H,2,8-15,28H2,1H3,(H,29,33,35)/t17-,18+,25?,26?. The van der Waals surface area contributed by atoms with Crippen LogP contribution in [0.25, 0.3) is 0 Å². The minimum absolute atomic E-state index is 0.104. The van der Waals surface area contributed by atoms with Crippen LogP contribution in [-0.2, 0) is 20.9 Å². The monoisotopic (exact) mass is 514 g/mol. The Hall–Kier alpha value is -3.07. The number of aromatic nitrogens is 2. The fourth-order valence-corrected chi connectivity index (χ4v) is 7.66. The summed E-state index contributed by atoms with van der Waals surface area (Å²) in [5.74, 6) is -0.258. The van der Waals surface area contributed by atoms with Gasteiger partial charge in [0.2, 0.25) is 0 Å². The zero-order chi connectivity index (χ0) is 25.7. The van der Waals surface area contributed by atoms with Gasteiger partial charge in [0, 0.05) is 11.4 Å². The lowest BCUT2D eigenvalue weighted by molar-refractivity contribution is -0.171. The van der Waals surface area contributed by atoms with Crippen LogP contribution in [-0.4, -0.2) is 39.5 Å². The molecule has 36 heavy (non-hydrogen) atoms. The number of alkyl halides is 1. The van der Waals surface area contributed by atoms with Gasteiger partial charge in [-0.1, -0.05) is 30.3 Å². The zero-order valence-corrected chi connectivity index (χ0v) is 21.1. The predicted octanol–water partition coefficient (Wildman–Crippen LogP) is 2.64. The highest BCUT2D eigenvalue weighted by atomic mass is 35.5. The number of benzene rings is 1. The number of nitrogens with one attached hydrogen (secondary N) is 1. The maximum Gasteiger partial charge on any atom is 0.330 e. The molecular weight excluding hydrogens is 484 g/mol. The normalized spacial score (nSPS) is 28.2. The summed E-state index contributed by atoms with van der Waals surface area (Å²) in [5, 5.41) is 0. The molecule has 0 radical (unpaired) electrons. The van der Waals surface area contributed by atoms with E-state index >= 15 is 0 Å². The van der Waals surface area contributed by atoms with E-state index in [9.17, 15) is 19.2 Å². The van der Waals surface area contributed by atoms with Crippen LogP contribution in [0.15, 0.2) is 39.9 Å². The SMILES string of the molecule is CCN(C(=O)COC(=O)C12C[C@@H]3C[C@@H](CC(Cl)(C3)C1)C2)c1c(N)n(Cc2ccccc2)c(=O)[nH]c1=O. The number of halogens is 1. The summed E-state index contributed by atoms with van der Waals surface area (Å²) in [6.07, 6.45) is 5.05. The molecule has 10 heteroatoms. The Bertz CT molecular complexity index is 1290. The van der Waals surface area contributed by atoms with Crippen molar-refractivity contribution in [2.24, 2.45) is 17.3 Å². The number of rotatable bonds is 7. The second-order valence-corrected chi connectivity index (χ2v) is 11.5. The Morgan fingerprint density at radius 2 is 1.83 bits per heavy atom. The predicted molar refractivity (Wildman–Crippen MR) is 136 cm³/mol. The highest BCUT2D eigenvalue weighted by molar-refractivity contribution is 6.24. The zero-order valence-electron chi connectivity index (χ0n) is 20.3. The van der Waals surface area contributed by atoms with Crippen molar-refractivity contribution >= 4 is 35.0 Å². The van der Waals surface area contributed by atoms with Crippen molar-refractivity contribution in [3.05, 3.63) is 56.7 Å². The third-order valence-electron chi connectivity index (χ3n) is 8.03. The molecule has 1 heterocycles. The van der Waals surface area contributed by atoms with Crippen LogP contribution in [0.2, 0.25) is 0 Å². The van der Waals surface area contributed by atoms with Crippen molar-refractivity contribution in [3.8, 4) is 0 Å². The van der Waals surface area contributed by atoms with Crippen LogP contribution in [0.3, 0.4) is 0 Å². The quantitative estimate of drug-likeness (QED) is 0.432. The van der Waals surface area contributed by atoms with E-state index in [2.05, 4.69) is 4.98 Å². The van der Waals surface area contributed by atoms with E-state index in [0.717, 1.165) is 42.6 Å². The van der Waals surface area contributed by atoms with Crippen molar-refractivity contribution in [2.45, 2.75) is 56.9 Å². The summed E-state index contributed by atoms with van der Waals surface area (Å²) in [6, 6.07) is 9.16. The molecular formula is C26H31ClN4O5. The first kappa shape index (κ1) is 24.6. The molecule has 9 nitrogen and oxygen atoms in total. The molecule has 1 aromatic heterocycles. The van der Waals surface area contributed by atoms with Crippen molar-refractivity contribution in [1.82, 2.24) is 9.55 Å². The van der Waals surface area contributed by atoms with Crippen molar-refractivity contribution in [1.29, 1.82) is 0 Å². The van der Waals surface area contributed by atoms with Gasteiger partial charge >= 0.3 is 11.7 Å². The van der Waals surface area contributed by atoms with E-state index in [1.807, 2.05) is 30.3 Å². The Kier molecular flexibility index (Phi) is 6.22. The smallest absolute Gasteiger partial charge is 0.330 e. The van der Waals surface area contributed by atoms with Crippen LogP contribution in [0.5, 0.6) is 0 Å². The van der Waals surface area contributed by atoms with E-state index in [0.29, 0.717) is 18.3 Å². The van der Waals surface area contributed by atoms with Gasteiger partial charge in [0.1, 0.15) is 5.82 Å². The molecule has 4 saturated carbocycles. The van der Waals surface area contributed by atoms with Crippen LogP contribution in [0.4, 0.5) is 11.5 Å². The highest BCUT2D eigenvalue weighted by Gasteiger charge is 2.60. The first-order valence-corrected chi connectivity index (χ1v) is 12.8. The van der Waals surface area contributed by atoms with Gasteiger partial charge in [-0.15, -0.1) is 11.6 Å². The van der Waals surface area contributed by atoms with E-state index < -0.39 is 29.2 Å². The van der Waals surface area contributed by atoms with E-state index in [1.54, 1.807) is 6.92 Å². The molecule has 6 rings (SSSR count). The molecule has 0 spiro atoms. The minimum atomic E-state index is -0.770. The molecule has 0 saturated heterocycles. The number of amides is 1. The number of carbonyl (C=O) groups is 2. The lowest BCUT2D eigenvalue weighted by Crippen LogP contribution is -2.56. The molecule has 2 aromatic rings. The summed E-state index contributed by atoms with van der Waals surface area (Å²) in [7, 11) is 0.